The van der Waals surface area contributed by atoms with Crippen molar-refractivity contribution in [2.45, 2.75) is 26.2 Å². The standard InChI is InChI=1S/C33H35FN7O6PS2/c1-21-19-28(38-39-30(21)37-32-35-24-10-4-5-11-26(24)49-32)41(16-8-18-48(44,45)46)33-36-29(31(42)43)27(50-33)12-7-17-47-25-14-13-22(20-23(25)34)9-6-15-40(2)3/h4-5,10-11,13-14,19-20H,7-8,12,15-18H2,1-3H3,(H,42,43)(H,35,37,39)(H2,44,45,46). The average Bonchev–Trinajstić information content (AvgIpc) is 3.67. The van der Waals surface area contributed by atoms with Gasteiger partial charge < -0.3 is 29.8 Å². The number of nitrogens with zero attached hydrogens (tertiary/aromatic N) is 6. The number of fused-ring (bicyclic) bond motifs is 1. The van der Waals surface area contributed by atoms with Gasteiger partial charge in [0.15, 0.2) is 39.2 Å². The molecular weight excluding hydrogens is 705 g/mol. The Hall–Kier alpha value is -4.49. The summed E-state index contributed by atoms with van der Waals surface area (Å²) < 4.78 is 32.9. The van der Waals surface area contributed by atoms with E-state index in [0.717, 1.165) is 21.6 Å². The van der Waals surface area contributed by atoms with Crippen LogP contribution in [0.4, 0.5) is 26.3 Å². The molecule has 0 aliphatic carbocycles. The molecular formula is C33H35FN7O6PS2. The molecule has 0 radical (unpaired) electrons. The van der Waals surface area contributed by atoms with Crippen molar-refractivity contribution in [2.24, 2.45) is 0 Å². The maximum Gasteiger partial charge on any atom is 0.355 e. The summed E-state index contributed by atoms with van der Waals surface area (Å²) in [7, 11) is -0.507. The number of anilines is 4. The average molecular weight is 740 g/mol. The van der Waals surface area contributed by atoms with Crippen LogP contribution in [0.15, 0.2) is 48.5 Å². The number of carboxylic acids is 1. The zero-order chi connectivity index (χ0) is 35.8. The maximum absolute atomic E-state index is 14.6. The molecule has 50 heavy (non-hydrogen) atoms. The van der Waals surface area contributed by atoms with Gasteiger partial charge in [-0.1, -0.05) is 35.3 Å². The van der Waals surface area contributed by atoms with Gasteiger partial charge in [-0.25, -0.2) is 19.2 Å². The number of thiazole rings is 2. The van der Waals surface area contributed by atoms with Crippen LogP contribution in [0.1, 0.15) is 39.3 Å². The number of nitrogens with one attached hydrogen (secondary N) is 1. The first-order chi connectivity index (χ1) is 23.9. The van der Waals surface area contributed by atoms with Crippen LogP contribution >= 0.6 is 30.3 Å². The van der Waals surface area contributed by atoms with E-state index in [0.29, 0.717) is 45.7 Å². The van der Waals surface area contributed by atoms with E-state index in [9.17, 15) is 28.6 Å². The zero-order valence-electron chi connectivity index (χ0n) is 27.5. The molecule has 5 rings (SSSR count). The second-order valence-electron chi connectivity index (χ2n) is 11.4. The summed E-state index contributed by atoms with van der Waals surface area (Å²) in [6.07, 6.45) is 0.345. The number of carboxylic acid groups (broad SMARTS) is 1. The first kappa shape index (κ1) is 36.8. The number of aromatic nitrogens is 4. The van der Waals surface area contributed by atoms with Gasteiger partial charge in [-0.05, 0) is 82.2 Å². The maximum atomic E-state index is 14.6. The van der Waals surface area contributed by atoms with Gasteiger partial charge in [0.25, 0.3) is 0 Å². The lowest BCUT2D eigenvalue weighted by molar-refractivity contribution is 0.0690. The Balaban J connectivity index is 1.31. The van der Waals surface area contributed by atoms with Crippen molar-refractivity contribution in [1.82, 2.24) is 25.1 Å². The van der Waals surface area contributed by atoms with Crippen molar-refractivity contribution in [3.63, 3.8) is 0 Å². The minimum absolute atomic E-state index is 0.0675. The van der Waals surface area contributed by atoms with Gasteiger partial charge in [-0.3, -0.25) is 9.46 Å². The number of aryl methyl sites for hydroxylation is 2. The summed E-state index contributed by atoms with van der Waals surface area (Å²) in [5.41, 5.74) is 1.93. The molecule has 2 aromatic carbocycles. The largest absolute Gasteiger partial charge is 0.491 e. The van der Waals surface area contributed by atoms with E-state index in [1.54, 1.807) is 17.0 Å². The molecule has 3 aromatic heterocycles. The highest BCUT2D eigenvalue weighted by atomic mass is 32.1. The third-order valence-corrected chi connectivity index (χ3v) is 10.1. The lowest BCUT2D eigenvalue weighted by atomic mass is 10.2. The van der Waals surface area contributed by atoms with Crippen molar-refractivity contribution in [2.75, 3.05) is 50.2 Å². The molecule has 262 valence electrons. The summed E-state index contributed by atoms with van der Waals surface area (Å²) in [4.78, 5) is 44.1. The Labute approximate surface area is 296 Å². The Morgan fingerprint density at radius 1 is 1.08 bits per heavy atom. The predicted octanol–water partition coefficient (Wildman–Crippen LogP) is 6.06. The molecule has 17 heteroatoms. The van der Waals surface area contributed by atoms with Gasteiger partial charge in [-0.2, -0.15) is 0 Å². The predicted molar refractivity (Wildman–Crippen MR) is 193 cm³/mol. The summed E-state index contributed by atoms with van der Waals surface area (Å²) in [6.45, 7) is 2.58. The third kappa shape index (κ3) is 10.0. The number of hydrogen-bond donors (Lipinski definition) is 4. The molecule has 0 amide bonds. The number of carbonyl (C=O) groups is 1. The van der Waals surface area contributed by atoms with Crippen molar-refractivity contribution in [1.29, 1.82) is 0 Å². The van der Waals surface area contributed by atoms with Crippen LogP contribution in [-0.2, 0) is 11.0 Å². The SMILES string of the molecule is Cc1cc(N(CCCP(=O)(O)O)c2nc(C(=O)O)c(CCCOc3ccc(C#CCN(C)C)cc3F)s2)nnc1Nc1nc2ccccc2s1. The molecule has 0 bridgehead atoms. The number of aromatic carboxylic acids is 1. The van der Waals surface area contributed by atoms with E-state index < -0.39 is 19.4 Å². The first-order valence-electron chi connectivity index (χ1n) is 15.4. The monoisotopic (exact) mass is 739 g/mol. The molecule has 3 heterocycles. The van der Waals surface area contributed by atoms with Crippen molar-refractivity contribution < 1.29 is 33.4 Å². The van der Waals surface area contributed by atoms with Crippen molar-refractivity contribution >= 4 is 68.4 Å². The molecule has 0 aliphatic heterocycles. The van der Waals surface area contributed by atoms with Gasteiger partial charge in [-0.15, -0.1) is 21.5 Å². The van der Waals surface area contributed by atoms with E-state index in [1.807, 2.05) is 50.2 Å². The molecule has 0 spiro atoms. The van der Waals surface area contributed by atoms with Crippen LogP contribution in [0.25, 0.3) is 10.2 Å². The molecule has 0 atom stereocenters. The summed E-state index contributed by atoms with van der Waals surface area (Å²) in [5.74, 6) is 4.95. The van der Waals surface area contributed by atoms with E-state index in [1.165, 1.54) is 23.5 Å². The van der Waals surface area contributed by atoms with E-state index >= 15 is 0 Å². The number of para-hydroxylation sites is 1. The second-order valence-corrected chi connectivity index (χ2v) is 15.3. The quantitative estimate of drug-likeness (QED) is 0.0555. The van der Waals surface area contributed by atoms with Crippen LogP contribution in [0.3, 0.4) is 0 Å². The molecule has 13 nitrogen and oxygen atoms in total. The first-order valence-corrected chi connectivity index (χ1v) is 18.9. The number of halogens is 1. The Bertz CT molecular complexity index is 2060. The minimum atomic E-state index is -4.29. The lowest BCUT2D eigenvalue weighted by Gasteiger charge is -2.21. The third-order valence-electron chi connectivity index (χ3n) is 7.08. The molecule has 0 fully saturated rings. The highest BCUT2D eigenvalue weighted by Crippen LogP contribution is 2.37. The normalized spacial score (nSPS) is 11.4. The number of hydrogen-bond acceptors (Lipinski definition) is 12. The Morgan fingerprint density at radius 3 is 2.58 bits per heavy atom. The van der Waals surface area contributed by atoms with Gasteiger partial charge in [0, 0.05) is 17.0 Å². The fourth-order valence-electron chi connectivity index (χ4n) is 4.70. The fraction of sp³-hybridized carbons (Fsp3) is 0.303. The molecule has 4 N–H and O–H groups in total. The van der Waals surface area contributed by atoms with Crippen LogP contribution in [0.5, 0.6) is 5.75 Å². The summed E-state index contributed by atoms with van der Waals surface area (Å²) in [6, 6.07) is 14.0. The van der Waals surface area contributed by atoms with Gasteiger partial charge in [0.2, 0.25) is 0 Å². The zero-order valence-corrected chi connectivity index (χ0v) is 30.0. The summed E-state index contributed by atoms with van der Waals surface area (Å²) in [5, 5.41) is 22.8. The highest BCUT2D eigenvalue weighted by Gasteiger charge is 2.24. The molecule has 0 aliphatic rings. The van der Waals surface area contributed by atoms with Crippen LogP contribution in [-0.4, -0.2) is 85.9 Å². The number of rotatable bonds is 15. The second kappa shape index (κ2) is 16.5. The van der Waals surface area contributed by atoms with Crippen LogP contribution in [0, 0.1) is 24.6 Å². The van der Waals surface area contributed by atoms with Gasteiger partial charge in [0.05, 0.1) is 29.5 Å². The molecule has 0 saturated carbocycles. The Kier molecular flexibility index (Phi) is 12.1. The lowest BCUT2D eigenvalue weighted by Crippen LogP contribution is -2.21. The van der Waals surface area contributed by atoms with Gasteiger partial charge >= 0.3 is 13.6 Å². The van der Waals surface area contributed by atoms with Crippen LogP contribution in [0.2, 0.25) is 0 Å². The number of benzene rings is 2. The van der Waals surface area contributed by atoms with E-state index in [-0.39, 0.29) is 48.7 Å². The smallest absolute Gasteiger partial charge is 0.355 e. The van der Waals surface area contributed by atoms with Crippen molar-refractivity contribution in [3.05, 3.63) is 76.0 Å². The van der Waals surface area contributed by atoms with Gasteiger partial charge in [0.1, 0.15) is 0 Å². The molecule has 0 saturated heterocycles. The van der Waals surface area contributed by atoms with Crippen molar-refractivity contribution in [3.8, 4) is 17.6 Å². The highest BCUT2D eigenvalue weighted by molar-refractivity contribution is 7.51. The minimum Gasteiger partial charge on any atom is -0.491 e. The summed E-state index contributed by atoms with van der Waals surface area (Å²) >= 11 is 2.59. The molecule has 0 unspecified atom stereocenters. The topological polar surface area (TPSA) is 174 Å². The number of ether oxygens (including phenoxy) is 1. The van der Waals surface area contributed by atoms with E-state index in [4.69, 9.17) is 4.74 Å². The van der Waals surface area contributed by atoms with Crippen LogP contribution < -0.4 is 15.0 Å². The van der Waals surface area contributed by atoms with E-state index in [2.05, 4.69) is 37.3 Å². The molecule has 5 aromatic rings. The Morgan fingerprint density at radius 2 is 1.88 bits per heavy atom. The fourth-order valence-corrected chi connectivity index (χ4v) is 7.24.